The van der Waals surface area contributed by atoms with Crippen LogP contribution < -0.4 is 5.32 Å². The van der Waals surface area contributed by atoms with E-state index in [9.17, 15) is 0 Å². The zero-order valence-corrected chi connectivity index (χ0v) is 13.2. The third-order valence-corrected chi connectivity index (χ3v) is 3.37. The van der Waals surface area contributed by atoms with Gasteiger partial charge in [-0.3, -0.25) is 0 Å². The molecule has 0 spiro atoms. The van der Waals surface area contributed by atoms with Gasteiger partial charge in [0.2, 0.25) is 0 Å². The van der Waals surface area contributed by atoms with Crippen molar-refractivity contribution in [2.24, 2.45) is 0 Å². The summed E-state index contributed by atoms with van der Waals surface area (Å²) in [6.45, 7) is 9.29. The van der Waals surface area contributed by atoms with Gasteiger partial charge in [0.25, 0.3) is 0 Å². The largest absolute Gasteiger partial charge is 0.394 e. The number of hydrogen-bond acceptors (Lipinski definition) is 3. The molecule has 1 aromatic heterocycles. The van der Waals surface area contributed by atoms with E-state index in [4.69, 9.17) is 9.84 Å². The second kappa shape index (κ2) is 7.07. The highest BCUT2D eigenvalue weighted by Gasteiger charge is 2.09. The number of fused-ring (bicyclic) bond motifs is 1. The molecule has 0 aliphatic rings. The normalized spacial score (nSPS) is 12.2. The number of ether oxygens (including phenoxy) is 1. The zero-order chi connectivity index (χ0) is 15.3. The van der Waals surface area contributed by atoms with Crippen LogP contribution in [0.25, 0.3) is 10.9 Å². The third-order valence-electron chi connectivity index (χ3n) is 3.37. The molecule has 0 amide bonds. The van der Waals surface area contributed by atoms with Crippen molar-refractivity contribution >= 4 is 10.9 Å². The highest BCUT2D eigenvalue weighted by atomic mass is 16.5. The Morgan fingerprint density at radius 3 is 2.71 bits per heavy atom. The van der Waals surface area contributed by atoms with E-state index in [-0.39, 0.29) is 12.1 Å². The quantitative estimate of drug-likeness (QED) is 0.770. The van der Waals surface area contributed by atoms with Crippen LogP contribution in [0.5, 0.6) is 0 Å². The molecule has 0 bridgehead atoms. The Hall–Kier alpha value is -1.36. The number of benzene rings is 1. The number of hydrogen-bond donors (Lipinski definition) is 2. The molecule has 1 aromatic carbocycles. The lowest BCUT2D eigenvalue weighted by molar-refractivity contribution is 0.0875. The lowest BCUT2D eigenvalue weighted by Gasteiger charge is -2.20. The standard InChI is InChI=1S/C17H26N2O2/c1-17(2,3)18-13-14-4-5-15-6-7-19(16(15)12-14)8-10-21-11-9-20/h4-7,12,18,20H,8-11,13H2,1-3H3. The van der Waals surface area contributed by atoms with Crippen LogP contribution >= 0.6 is 0 Å². The van der Waals surface area contributed by atoms with Gasteiger partial charge >= 0.3 is 0 Å². The summed E-state index contributed by atoms with van der Waals surface area (Å²) in [5.41, 5.74) is 2.64. The lowest BCUT2D eigenvalue weighted by atomic mass is 10.1. The molecule has 2 N–H and O–H groups in total. The molecule has 0 aliphatic carbocycles. The summed E-state index contributed by atoms with van der Waals surface area (Å²) in [6.07, 6.45) is 2.09. The Balaban J connectivity index is 2.05. The highest BCUT2D eigenvalue weighted by molar-refractivity contribution is 5.80. The van der Waals surface area contributed by atoms with Gasteiger partial charge in [0.05, 0.1) is 19.8 Å². The number of rotatable bonds is 7. The van der Waals surface area contributed by atoms with Crippen LogP contribution in [0.15, 0.2) is 30.5 Å². The first-order valence-electron chi connectivity index (χ1n) is 7.51. The van der Waals surface area contributed by atoms with Crippen molar-refractivity contribution in [3.63, 3.8) is 0 Å². The SMILES string of the molecule is CC(C)(C)NCc1ccc2ccn(CCOCCO)c2c1. The Bertz CT molecular complexity index is 570. The highest BCUT2D eigenvalue weighted by Crippen LogP contribution is 2.18. The van der Waals surface area contributed by atoms with Gasteiger partial charge in [-0.1, -0.05) is 12.1 Å². The fraction of sp³-hybridized carbons (Fsp3) is 0.529. The van der Waals surface area contributed by atoms with Crippen molar-refractivity contribution in [2.45, 2.75) is 39.4 Å². The number of aliphatic hydroxyl groups is 1. The molecule has 0 radical (unpaired) electrons. The number of aromatic nitrogens is 1. The molecule has 0 aliphatic heterocycles. The van der Waals surface area contributed by atoms with E-state index in [1.54, 1.807) is 0 Å². The van der Waals surface area contributed by atoms with Gasteiger partial charge in [0.15, 0.2) is 0 Å². The predicted molar refractivity (Wildman–Crippen MR) is 86.4 cm³/mol. The molecular formula is C17H26N2O2. The van der Waals surface area contributed by atoms with Crippen LogP contribution in [-0.4, -0.2) is 35.0 Å². The summed E-state index contributed by atoms with van der Waals surface area (Å²) in [5.74, 6) is 0. The second-order valence-corrected chi connectivity index (χ2v) is 6.34. The van der Waals surface area contributed by atoms with Crippen LogP contribution in [0.1, 0.15) is 26.3 Å². The van der Waals surface area contributed by atoms with E-state index in [0.29, 0.717) is 13.2 Å². The van der Waals surface area contributed by atoms with Crippen molar-refractivity contribution < 1.29 is 9.84 Å². The lowest BCUT2D eigenvalue weighted by Crippen LogP contribution is -2.35. The van der Waals surface area contributed by atoms with E-state index >= 15 is 0 Å². The van der Waals surface area contributed by atoms with Crippen LogP contribution in [0.3, 0.4) is 0 Å². The number of aliphatic hydroxyl groups excluding tert-OH is 1. The van der Waals surface area contributed by atoms with Gasteiger partial charge < -0.3 is 19.7 Å². The second-order valence-electron chi connectivity index (χ2n) is 6.34. The van der Waals surface area contributed by atoms with Crippen LogP contribution in [0.4, 0.5) is 0 Å². The molecule has 0 saturated heterocycles. The molecule has 116 valence electrons. The van der Waals surface area contributed by atoms with E-state index < -0.39 is 0 Å². The topological polar surface area (TPSA) is 46.4 Å². The molecule has 2 rings (SSSR count). The van der Waals surface area contributed by atoms with E-state index in [1.165, 1.54) is 16.5 Å². The summed E-state index contributed by atoms with van der Waals surface area (Å²) in [6, 6.07) is 8.70. The Morgan fingerprint density at radius 2 is 2.00 bits per heavy atom. The summed E-state index contributed by atoms with van der Waals surface area (Å²) < 4.78 is 7.55. The minimum Gasteiger partial charge on any atom is -0.394 e. The van der Waals surface area contributed by atoms with E-state index in [0.717, 1.165) is 13.1 Å². The number of nitrogens with zero attached hydrogens (tertiary/aromatic N) is 1. The minimum absolute atomic E-state index is 0.0784. The number of nitrogens with one attached hydrogen (secondary N) is 1. The molecule has 0 fully saturated rings. The maximum absolute atomic E-state index is 8.72. The maximum Gasteiger partial charge on any atom is 0.0698 e. The molecule has 21 heavy (non-hydrogen) atoms. The van der Waals surface area contributed by atoms with Crippen molar-refractivity contribution in [2.75, 3.05) is 19.8 Å². The Morgan fingerprint density at radius 1 is 1.19 bits per heavy atom. The molecule has 0 unspecified atom stereocenters. The van der Waals surface area contributed by atoms with Gasteiger partial charge in [-0.15, -0.1) is 0 Å². The van der Waals surface area contributed by atoms with Gasteiger partial charge in [0.1, 0.15) is 0 Å². The maximum atomic E-state index is 8.72. The Labute approximate surface area is 126 Å². The van der Waals surface area contributed by atoms with Gasteiger partial charge in [-0.05, 0) is 43.9 Å². The van der Waals surface area contributed by atoms with E-state index in [1.807, 2.05) is 0 Å². The monoisotopic (exact) mass is 290 g/mol. The summed E-state index contributed by atoms with van der Waals surface area (Å²) in [4.78, 5) is 0. The fourth-order valence-electron chi connectivity index (χ4n) is 2.23. The van der Waals surface area contributed by atoms with Crippen LogP contribution in [-0.2, 0) is 17.8 Å². The van der Waals surface area contributed by atoms with Gasteiger partial charge in [-0.2, -0.15) is 0 Å². The average Bonchev–Trinajstić information content (AvgIpc) is 2.83. The predicted octanol–water partition coefficient (Wildman–Crippen LogP) is 2.54. The molecule has 0 saturated carbocycles. The molecule has 4 heteroatoms. The molecule has 2 aromatic rings. The first kappa shape index (κ1) is 16.0. The van der Waals surface area contributed by atoms with Crippen molar-refractivity contribution in [3.8, 4) is 0 Å². The van der Waals surface area contributed by atoms with Crippen molar-refractivity contribution in [1.82, 2.24) is 9.88 Å². The van der Waals surface area contributed by atoms with Gasteiger partial charge in [0, 0.05) is 30.3 Å². The first-order valence-corrected chi connectivity index (χ1v) is 7.51. The van der Waals surface area contributed by atoms with Crippen molar-refractivity contribution in [3.05, 3.63) is 36.0 Å². The zero-order valence-electron chi connectivity index (χ0n) is 13.2. The summed E-state index contributed by atoms with van der Waals surface area (Å²) in [7, 11) is 0. The first-order chi connectivity index (χ1) is 9.99. The molecule has 1 heterocycles. The average molecular weight is 290 g/mol. The molecule has 0 atom stereocenters. The molecular weight excluding hydrogens is 264 g/mol. The van der Waals surface area contributed by atoms with Crippen LogP contribution in [0, 0.1) is 0 Å². The van der Waals surface area contributed by atoms with Crippen molar-refractivity contribution in [1.29, 1.82) is 0 Å². The summed E-state index contributed by atoms with van der Waals surface area (Å²) in [5, 5.41) is 13.5. The van der Waals surface area contributed by atoms with Crippen LogP contribution in [0.2, 0.25) is 0 Å². The van der Waals surface area contributed by atoms with Gasteiger partial charge in [-0.25, -0.2) is 0 Å². The van der Waals surface area contributed by atoms with E-state index in [2.05, 4.69) is 61.1 Å². The fourth-order valence-corrected chi connectivity index (χ4v) is 2.23. The Kier molecular flexibility index (Phi) is 5.39. The smallest absolute Gasteiger partial charge is 0.0698 e. The summed E-state index contributed by atoms with van der Waals surface area (Å²) >= 11 is 0. The minimum atomic E-state index is 0.0784. The third kappa shape index (κ3) is 4.84. The molecule has 4 nitrogen and oxygen atoms in total.